The molecule has 0 heterocycles. The Labute approximate surface area is 217 Å². The normalized spacial score (nSPS) is 15.4. The van der Waals surface area contributed by atoms with Crippen LogP contribution in [0.2, 0.25) is 0 Å². The maximum Gasteiger partial charge on any atom is 4.00 e. The summed E-state index contributed by atoms with van der Waals surface area (Å²) in [4.78, 5) is 0. The molecule has 0 aromatic rings. The molecule has 0 aliphatic carbocycles. The minimum atomic E-state index is -4.00. The van der Waals surface area contributed by atoms with Crippen molar-refractivity contribution in [3.05, 3.63) is 0 Å². The van der Waals surface area contributed by atoms with Crippen LogP contribution < -0.4 is 0 Å². The summed E-state index contributed by atoms with van der Waals surface area (Å²) in [5, 5.41) is -2.94. The second kappa shape index (κ2) is 19.6. The molecule has 0 rings (SSSR count). The summed E-state index contributed by atoms with van der Waals surface area (Å²) in [6.45, 7) is 12.3. The van der Waals surface area contributed by atoms with Gasteiger partial charge in [0, 0.05) is 21.0 Å². The summed E-state index contributed by atoms with van der Waals surface area (Å²) < 4.78 is 120. The van der Waals surface area contributed by atoms with Gasteiger partial charge in [-0.2, -0.15) is 0 Å². The van der Waals surface area contributed by atoms with Crippen LogP contribution in [-0.4, -0.2) is 96.8 Å². The van der Waals surface area contributed by atoms with Gasteiger partial charge in [0.2, 0.25) is 0 Å². The van der Waals surface area contributed by atoms with Gasteiger partial charge in [0.05, 0.1) is 40.5 Å². The van der Waals surface area contributed by atoms with Crippen LogP contribution in [0.3, 0.4) is 0 Å². The summed E-state index contributed by atoms with van der Waals surface area (Å²) in [6, 6.07) is 0. The Morgan fingerprint density at radius 1 is 0.424 bits per heavy atom. The van der Waals surface area contributed by atoms with E-state index in [0.717, 1.165) is 0 Å². The van der Waals surface area contributed by atoms with Gasteiger partial charge in [-0.15, -0.1) is 0 Å². The van der Waals surface area contributed by atoms with Gasteiger partial charge in [0.15, 0.2) is 0 Å². The summed E-state index contributed by atoms with van der Waals surface area (Å²) in [5.41, 5.74) is 0. The van der Waals surface area contributed by atoms with E-state index in [1.54, 1.807) is 27.7 Å². The molecule has 0 saturated carbocycles. The first-order valence-electron chi connectivity index (χ1n) is 9.71. The molecule has 0 amide bonds. The van der Waals surface area contributed by atoms with Crippen molar-refractivity contribution in [2.45, 2.75) is 102 Å². The van der Waals surface area contributed by atoms with Crippen molar-refractivity contribution in [3.63, 3.8) is 0 Å². The molecule has 0 N–H and O–H groups in total. The Morgan fingerprint density at radius 3 is 0.515 bits per heavy atom. The zero-order valence-corrected chi connectivity index (χ0v) is 26.3. The Bertz CT molecular complexity index is 745. The Hall–Kier alpha value is 0.439. The van der Waals surface area contributed by atoms with E-state index in [9.17, 15) is 51.9 Å². The molecular weight excluding hydrogens is 631 g/mol. The number of hydrogen-bond donors (Lipinski definition) is 0. The predicted octanol–water partition coefficient (Wildman–Crippen LogP) is 0.940. The van der Waals surface area contributed by atoms with Crippen LogP contribution in [0.25, 0.3) is 0 Å². The van der Waals surface area contributed by atoms with E-state index < -0.39 is 61.5 Å². The average Bonchev–Trinajstić information content (AvgIpc) is 2.63. The van der Waals surface area contributed by atoms with Crippen molar-refractivity contribution in [2.24, 2.45) is 0 Å². The van der Waals surface area contributed by atoms with E-state index in [-0.39, 0.29) is 23.9 Å². The van der Waals surface area contributed by atoms with Gasteiger partial charge in [-0.3, -0.25) is 0 Å². The molecule has 33 heavy (non-hydrogen) atoms. The predicted molar refractivity (Wildman–Crippen MR) is 124 cm³/mol. The second-order valence-corrected chi connectivity index (χ2v) is 14.0. The Morgan fingerprint density at radius 2 is 0.515 bits per heavy atom. The molecule has 0 aliphatic heterocycles. The second-order valence-electron chi connectivity index (χ2n) is 6.85. The van der Waals surface area contributed by atoms with Crippen molar-refractivity contribution in [1.82, 2.24) is 0 Å². The molecule has 0 bridgehead atoms. The van der Waals surface area contributed by atoms with Gasteiger partial charge >= 0.3 is 23.9 Å². The molecule has 0 fully saturated rings. The number of rotatable bonds is 8. The maximum atomic E-state index is 10.0. The third-order valence-corrected chi connectivity index (χ3v) is 9.55. The smallest absolute Gasteiger partial charge is 0.748 e. The maximum absolute atomic E-state index is 10.0. The third kappa shape index (κ3) is 28.6. The molecule has 0 aromatic heterocycles. The summed E-state index contributed by atoms with van der Waals surface area (Å²) in [6.07, 6.45) is 1.58. The van der Waals surface area contributed by atoms with Crippen molar-refractivity contribution in [2.75, 3.05) is 0 Å². The molecule has 4 unspecified atom stereocenters. The fourth-order valence-electron chi connectivity index (χ4n) is 0.816. The van der Waals surface area contributed by atoms with Crippen LogP contribution in [0.1, 0.15) is 81.1 Å². The van der Waals surface area contributed by atoms with Gasteiger partial charge in [0.1, 0.15) is 0 Å². The van der Waals surface area contributed by atoms with E-state index in [1.165, 1.54) is 27.7 Å². The van der Waals surface area contributed by atoms with Crippen LogP contribution in [0, 0.1) is 0 Å². The fourth-order valence-corrected chi connectivity index (χ4v) is 2.45. The standard InChI is InChI=1S/4C4H10O3S.Sn/c4*1-3-4(2)8(5,6)7;/h4*4H,3H2,1-2H3,(H,5,6,7);/q;;;;+4/p-4. The monoisotopic (exact) mass is 668 g/mol. The van der Waals surface area contributed by atoms with Crippen LogP contribution in [0.4, 0.5) is 0 Å². The van der Waals surface area contributed by atoms with Gasteiger partial charge in [0.25, 0.3) is 0 Å². The molecule has 12 nitrogen and oxygen atoms in total. The van der Waals surface area contributed by atoms with Crippen LogP contribution >= 0.6 is 0 Å². The number of hydrogen-bond acceptors (Lipinski definition) is 12. The molecule has 17 heteroatoms. The quantitative estimate of drug-likeness (QED) is 0.260. The topological polar surface area (TPSA) is 229 Å². The third-order valence-electron chi connectivity index (χ3n) is 4.27. The van der Waals surface area contributed by atoms with Gasteiger partial charge < -0.3 is 18.2 Å². The van der Waals surface area contributed by atoms with E-state index in [0.29, 0.717) is 25.7 Å². The molecular formula is C16H36O12S4Sn. The molecule has 0 aromatic carbocycles. The van der Waals surface area contributed by atoms with Gasteiger partial charge in [-0.05, 0) is 53.4 Å². The van der Waals surface area contributed by atoms with Gasteiger partial charge in [-0.1, -0.05) is 27.7 Å². The van der Waals surface area contributed by atoms with Crippen LogP contribution in [-0.2, 0) is 40.5 Å². The zero-order valence-electron chi connectivity index (χ0n) is 20.2. The first-order valence-corrected chi connectivity index (χ1v) is 15.6. The SMILES string of the molecule is CCC(C)S(=O)(=O)[O-].CCC(C)S(=O)(=O)[O-].CCC(C)S(=O)(=O)[O-].CCC(C)S(=O)(=O)[O-].[Sn+4]. The fraction of sp³-hybridized carbons (Fsp3) is 1.00. The van der Waals surface area contributed by atoms with E-state index >= 15 is 0 Å². The minimum Gasteiger partial charge on any atom is -0.748 e. The van der Waals surface area contributed by atoms with Crippen molar-refractivity contribution in [1.29, 1.82) is 0 Å². The van der Waals surface area contributed by atoms with Crippen molar-refractivity contribution >= 4 is 64.4 Å². The Balaban J connectivity index is -0.000000105. The summed E-state index contributed by atoms with van der Waals surface area (Å²) in [5.74, 6) is 0. The average molecular weight is 667 g/mol. The van der Waals surface area contributed by atoms with E-state index in [2.05, 4.69) is 0 Å². The largest absolute Gasteiger partial charge is 4.00 e. The first kappa shape index (κ1) is 43.5. The van der Waals surface area contributed by atoms with Crippen molar-refractivity contribution in [3.8, 4) is 0 Å². The zero-order chi connectivity index (χ0) is 27.1. The summed E-state index contributed by atoms with van der Waals surface area (Å²) >= 11 is 0. The summed E-state index contributed by atoms with van der Waals surface area (Å²) in [7, 11) is -16.0. The molecule has 0 radical (unpaired) electrons. The Kier molecular flexibility index (Phi) is 25.8. The van der Waals surface area contributed by atoms with Crippen molar-refractivity contribution < 1.29 is 51.9 Å². The van der Waals surface area contributed by atoms with E-state index in [4.69, 9.17) is 0 Å². The molecule has 0 saturated heterocycles. The molecule has 0 spiro atoms. The minimum absolute atomic E-state index is 0. The molecule has 4 atom stereocenters. The van der Waals surface area contributed by atoms with Crippen LogP contribution in [0.15, 0.2) is 0 Å². The molecule has 0 aliphatic rings. The van der Waals surface area contributed by atoms with E-state index in [1.807, 2.05) is 0 Å². The first-order chi connectivity index (χ1) is 13.9. The van der Waals surface area contributed by atoms with Crippen LogP contribution in [0.5, 0.6) is 0 Å². The van der Waals surface area contributed by atoms with Gasteiger partial charge in [-0.25, -0.2) is 33.7 Å². The molecule has 200 valence electrons.